The van der Waals surface area contributed by atoms with Crippen LogP contribution in [0.25, 0.3) is 6.20 Å². The lowest BCUT2D eigenvalue weighted by Crippen LogP contribution is -2.42. The van der Waals surface area contributed by atoms with Gasteiger partial charge in [-0.2, -0.15) is 0 Å². The number of carboxylic acid groups (broad SMARTS) is 1. The third-order valence-corrected chi connectivity index (χ3v) is 5.45. The van der Waals surface area contributed by atoms with Crippen LogP contribution in [0.4, 0.5) is 10.5 Å². The molecule has 2 heterocycles. The molecule has 0 radical (unpaired) electrons. The lowest BCUT2D eigenvalue weighted by molar-refractivity contribution is -0.131. The van der Waals surface area contributed by atoms with E-state index in [2.05, 4.69) is 10.6 Å². The molecule has 29 heavy (non-hydrogen) atoms. The molecule has 3 N–H and O–H groups in total. The van der Waals surface area contributed by atoms with E-state index < -0.39 is 17.2 Å². The lowest BCUT2D eigenvalue weighted by Gasteiger charge is -2.19. The summed E-state index contributed by atoms with van der Waals surface area (Å²) in [7, 11) is 0. The van der Waals surface area contributed by atoms with Gasteiger partial charge >= 0.3 is 17.7 Å². The van der Waals surface area contributed by atoms with E-state index >= 15 is 0 Å². The van der Waals surface area contributed by atoms with Crippen molar-refractivity contribution in [2.24, 2.45) is 0 Å². The van der Waals surface area contributed by atoms with Gasteiger partial charge in [-0.25, -0.2) is 14.4 Å². The van der Waals surface area contributed by atoms with E-state index in [1.807, 2.05) is 6.92 Å². The number of thioether (sulfide) groups is 1. The Labute approximate surface area is 170 Å². The quantitative estimate of drug-likeness (QED) is 0.681. The van der Waals surface area contributed by atoms with Crippen LogP contribution in [0.3, 0.4) is 0 Å². The zero-order valence-corrected chi connectivity index (χ0v) is 16.7. The first-order chi connectivity index (χ1) is 13.8. The Morgan fingerprint density at radius 1 is 1.21 bits per heavy atom. The number of hydrogen-bond donors (Lipinski definition) is 3. The summed E-state index contributed by atoms with van der Waals surface area (Å²) in [5, 5.41) is 14.5. The molecule has 1 aliphatic heterocycles. The summed E-state index contributed by atoms with van der Waals surface area (Å²) in [6, 6.07) is 6.45. The number of hydrogen-bond acceptors (Lipinski definition) is 5. The van der Waals surface area contributed by atoms with Gasteiger partial charge in [0.05, 0.1) is 6.54 Å². The molecule has 152 valence electrons. The summed E-state index contributed by atoms with van der Waals surface area (Å²) in [6.07, 6.45) is 1.26. The predicted molar refractivity (Wildman–Crippen MR) is 111 cm³/mol. The summed E-state index contributed by atoms with van der Waals surface area (Å²) in [4.78, 5) is 48.4. The fraction of sp³-hybridized carbons (Fsp3) is 0.263. The summed E-state index contributed by atoms with van der Waals surface area (Å²) < 4.78 is 2.32. The van der Waals surface area contributed by atoms with Crippen LogP contribution in [-0.4, -0.2) is 32.8 Å². The minimum atomic E-state index is -1.11. The van der Waals surface area contributed by atoms with Crippen LogP contribution in [0.2, 0.25) is 0 Å². The van der Waals surface area contributed by atoms with Gasteiger partial charge in [0.2, 0.25) is 0 Å². The first kappa shape index (κ1) is 20.5. The molecule has 1 aromatic heterocycles. The minimum Gasteiger partial charge on any atom is -0.477 e. The van der Waals surface area contributed by atoms with Gasteiger partial charge in [-0.1, -0.05) is 12.1 Å². The number of rotatable bonds is 5. The molecular weight excluding hydrogens is 396 g/mol. The van der Waals surface area contributed by atoms with E-state index in [1.165, 1.54) is 10.8 Å². The average Bonchev–Trinajstić information content (AvgIpc) is 2.70. The van der Waals surface area contributed by atoms with Gasteiger partial charge in [0.15, 0.2) is 0 Å². The second-order valence-corrected chi connectivity index (χ2v) is 7.40. The van der Waals surface area contributed by atoms with Crippen molar-refractivity contribution >= 4 is 35.6 Å². The van der Waals surface area contributed by atoms with Crippen LogP contribution in [0.1, 0.15) is 23.7 Å². The number of aliphatic carboxylic acids is 1. The average molecular weight is 416 g/mol. The van der Waals surface area contributed by atoms with Gasteiger partial charge in [-0.05, 0) is 31.5 Å². The zero-order valence-electron chi connectivity index (χ0n) is 15.9. The number of nitrogens with zero attached hydrogens (tertiary/aromatic N) is 2. The number of aromatic nitrogens is 2. The smallest absolute Gasteiger partial charge is 0.343 e. The Kier molecular flexibility index (Phi) is 5.92. The molecule has 9 nitrogen and oxygen atoms in total. The summed E-state index contributed by atoms with van der Waals surface area (Å²) >= 11 is 1.08. The molecule has 2 amide bonds. The number of urea groups is 1. The minimum absolute atomic E-state index is 0.0314. The third kappa shape index (κ3) is 4.27. The normalized spacial score (nSPS) is 12.7. The first-order valence-corrected chi connectivity index (χ1v) is 9.87. The molecule has 10 heteroatoms. The second-order valence-electron chi connectivity index (χ2n) is 6.38. The Hall–Kier alpha value is -3.27. The number of carbonyl (C=O) groups is 2. The van der Waals surface area contributed by atoms with Crippen LogP contribution in [0.15, 0.2) is 38.8 Å². The third-order valence-electron chi connectivity index (χ3n) is 4.44. The molecular formula is C19H20N4O5S. The van der Waals surface area contributed by atoms with Crippen molar-refractivity contribution in [1.82, 2.24) is 14.5 Å². The van der Waals surface area contributed by atoms with E-state index in [9.17, 15) is 24.3 Å². The molecule has 0 saturated heterocycles. The molecule has 1 aromatic carbocycles. The molecule has 0 unspecified atom stereocenters. The molecule has 0 bridgehead atoms. The van der Waals surface area contributed by atoms with Crippen LogP contribution in [0, 0.1) is 6.92 Å². The highest BCUT2D eigenvalue weighted by molar-refractivity contribution is 8.03. The van der Waals surface area contributed by atoms with Crippen LogP contribution in [0.5, 0.6) is 0 Å². The number of anilines is 1. The second kappa shape index (κ2) is 8.39. The Bertz CT molecular complexity index is 1120. The standard InChI is InChI=1S/C19H20N4O5S/c1-3-20-18(27)21-13-6-4-12(5-7-13)8-23-16(24)11(2)14-10-29-15(17(25)26)9-22(14)19(23)28/h4-7,9H,3,8,10H2,1-2H3,(H,25,26)(H2,20,21,27). The topological polar surface area (TPSA) is 122 Å². The van der Waals surface area contributed by atoms with Crippen molar-refractivity contribution in [3.63, 3.8) is 0 Å². The number of benzene rings is 1. The fourth-order valence-electron chi connectivity index (χ4n) is 2.92. The van der Waals surface area contributed by atoms with Crippen molar-refractivity contribution in [3.8, 4) is 0 Å². The zero-order chi connectivity index (χ0) is 21.1. The highest BCUT2D eigenvalue weighted by Gasteiger charge is 2.22. The molecule has 0 aliphatic carbocycles. The fourth-order valence-corrected chi connectivity index (χ4v) is 3.87. The SMILES string of the molecule is CCNC(=O)Nc1ccc(Cn2c(=O)c(C)c3n(c2=O)C=C(C(=O)O)SC3)cc1. The molecule has 1 aliphatic rings. The van der Waals surface area contributed by atoms with E-state index in [0.717, 1.165) is 16.3 Å². The largest absolute Gasteiger partial charge is 0.477 e. The molecule has 0 atom stereocenters. The Balaban J connectivity index is 1.93. The van der Waals surface area contributed by atoms with Crippen LogP contribution in [-0.2, 0) is 17.1 Å². The van der Waals surface area contributed by atoms with E-state index in [-0.39, 0.29) is 23.2 Å². The van der Waals surface area contributed by atoms with Crippen LogP contribution < -0.4 is 21.9 Å². The van der Waals surface area contributed by atoms with Crippen LogP contribution >= 0.6 is 11.8 Å². The van der Waals surface area contributed by atoms with Gasteiger partial charge in [0, 0.05) is 35.4 Å². The maximum atomic E-state index is 12.9. The number of fused-ring (bicyclic) bond motifs is 1. The van der Waals surface area contributed by atoms with Crippen molar-refractivity contribution in [3.05, 3.63) is 66.8 Å². The van der Waals surface area contributed by atoms with Crippen molar-refractivity contribution in [2.75, 3.05) is 11.9 Å². The Morgan fingerprint density at radius 3 is 2.52 bits per heavy atom. The van der Waals surface area contributed by atoms with Gasteiger partial charge in [0.25, 0.3) is 5.56 Å². The Morgan fingerprint density at radius 2 is 1.90 bits per heavy atom. The predicted octanol–water partition coefficient (Wildman–Crippen LogP) is 1.64. The van der Waals surface area contributed by atoms with Gasteiger partial charge < -0.3 is 15.7 Å². The maximum Gasteiger partial charge on any atom is 0.343 e. The van der Waals surface area contributed by atoms with Crippen molar-refractivity contribution in [1.29, 1.82) is 0 Å². The number of amides is 2. The molecule has 0 spiro atoms. The summed E-state index contributed by atoms with van der Waals surface area (Å²) in [5.41, 5.74) is 1.20. The maximum absolute atomic E-state index is 12.9. The lowest BCUT2D eigenvalue weighted by atomic mass is 10.2. The summed E-state index contributed by atoms with van der Waals surface area (Å²) in [6.45, 7) is 3.98. The van der Waals surface area contributed by atoms with Gasteiger partial charge in [-0.3, -0.25) is 13.9 Å². The van der Waals surface area contributed by atoms with E-state index in [1.54, 1.807) is 31.2 Å². The number of nitrogens with one attached hydrogen (secondary N) is 2. The van der Waals surface area contributed by atoms with Crippen molar-refractivity contribution < 1.29 is 14.7 Å². The van der Waals surface area contributed by atoms with E-state index in [4.69, 9.17) is 0 Å². The van der Waals surface area contributed by atoms with Gasteiger partial charge in [0.1, 0.15) is 4.91 Å². The summed E-state index contributed by atoms with van der Waals surface area (Å²) in [5.74, 6) is -0.867. The molecule has 0 saturated carbocycles. The monoisotopic (exact) mass is 416 g/mol. The first-order valence-electron chi connectivity index (χ1n) is 8.88. The van der Waals surface area contributed by atoms with E-state index in [0.29, 0.717) is 29.1 Å². The molecule has 3 rings (SSSR count). The highest BCUT2D eigenvalue weighted by atomic mass is 32.2. The number of carbonyl (C=O) groups excluding carboxylic acids is 1. The van der Waals surface area contributed by atoms with Crippen molar-refractivity contribution in [2.45, 2.75) is 26.1 Å². The highest BCUT2D eigenvalue weighted by Crippen LogP contribution is 2.27. The van der Waals surface area contributed by atoms with Gasteiger partial charge in [-0.15, -0.1) is 11.8 Å². The molecule has 2 aromatic rings. The molecule has 0 fully saturated rings. The number of carboxylic acids is 1.